The lowest BCUT2D eigenvalue weighted by Crippen LogP contribution is -2.52. The lowest BCUT2D eigenvalue weighted by molar-refractivity contribution is -0.115. The number of anilines is 2. The summed E-state index contributed by atoms with van der Waals surface area (Å²) in [5, 5.41) is 5.36. The summed E-state index contributed by atoms with van der Waals surface area (Å²) in [6.07, 6.45) is 3.73. The molecule has 1 aliphatic carbocycles. The zero-order valence-electron chi connectivity index (χ0n) is 14.1. The highest BCUT2D eigenvalue weighted by molar-refractivity contribution is 7.16. The van der Waals surface area contributed by atoms with Gasteiger partial charge in [-0.2, -0.15) is 4.37 Å². The fourth-order valence-electron chi connectivity index (χ4n) is 2.79. The Kier molecular flexibility index (Phi) is 4.44. The minimum atomic E-state index is -0.167. The number of nitrogens with one attached hydrogen (secondary N) is 1. The molecular formula is C16H20N4O2S2. The van der Waals surface area contributed by atoms with Gasteiger partial charge in [0, 0.05) is 23.2 Å². The average molecular weight is 364 g/mol. The molecule has 0 bridgehead atoms. The summed E-state index contributed by atoms with van der Waals surface area (Å²) >= 11 is 2.61. The number of hydrogen-bond donors (Lipinski definition) is 1. The third-order valence-electron chi connectivity index (χ3n) is 4.51. The summed E-state index contributed by atoms with van der Waals surface area (Å²) in [6, 6.07) is 0.180. The van der Waals surface area contributed by atoms with E-state index in [1.165, 1.54) is 34.7 Å². The van der Waals surface area contributed by atoms with Crippen LogP contribution in [0.2, 0.25) is 0 Å². The topological polar surface area (TPSA) is 75.2 Å². The van der Waals surface area contributed by atoms with Gasteiger partial charge in [0.15, 0.2) is 5.13 Å². The van der Waals surface area contributed by atoms with Crippen LogP contribution in [-0.2, 0) is 4.79 Å². The van der Waals surface area contributed by atoms with Crippen LogP contribution < -0.4 is 10.2 Å². The van der Waals surface area contributed by atoms with Crippen molar-refractivity contribution in [3.8, 4) is 0 Å². The van der Waals surface area contributed by atoms with Crippen LogP contribution in [0.3, 0.4) is 0 Å². The Hall–Kier alpha value is -1.80. The summed E-state index contributed by atoms with van der Waals surface area (Å²) in [7, 11) is 0. The molecule has 0 saturated heterocycles. The van der Waals surface area contributed by atoms with Crippen molar-refractivity contribution in [2.45, 2.75) is 46.6 Å². The van der Waals surface area contributed by atoms with Crippen molar-refractivity contribution in [1.29, 1.82) is 0 Å². The highest BCUT2D eigenvalue weighted by Gasteiger charge is 2.39. The Morgan fingerprint density at radius 3 is 2.67 bits per heavy atom. The van der Waals surface area contributed by atoms with Crippen LogP contribution in [0, 0.1) is 12.3 Å². The molecule has 2 aromatic rings. The minimum Gasteiger partial charge on any atom is -0.347 e. The molecule has 1 fully saturated rings. The normalized spacial score (nSPS) is 18.8. The molecule has 8 heteroatoms. The van der Waals surface area contributed by atoms with Gasteiger partial charge in [-0.3, -0.25) is 14.5 Å². The van der Waals surface area contributed by atoms with Gasteiger partial charge in [-0.25, -0.2) is 4.98 Å². The van der Waals surface area contributed by atoms with Gasteiger partial charge in [0.1, 0.15) is 5.69 Å². The van der Waals surface area contributed by atoms with Gasteiger partial charge in [-0.15, -0.1) is 11.3 Å². The van der Waals surface area contributed by atoms with E-state index in [1.54, 1.807) is 11.6 Å². The van der Waals surface area contributed by atoms with Gasteiger partial charge in [0.2, 0.25) is 5.91 Å². The molecule has 1 atom stereocenters. The molecule has 128 valence electrons. The molecule has 1 saturated carbocycles. The maximum absolute atomic E-state index is 12.6. The van der Waals surface area contributed by atoms with Gasteiger partial charge in [-0.1, -0.05) is 13.8 Å². The Bertz CT molecular complexity index is 767. The second kappa shape index (κ2) is 6.25. The van der Waals surface area contributed by atoms with E-state index in [1.807, 2.05) is 6.92 Å². The zero-order valence-corrected chi connectivity index (χ0v) is 15.8. The molecule has 0 radical (unpaired) electrons. The summed E-state index contributed by atoms with van der Waals surface area (Å²) in [5.74, 6) is -0.323. The smallest absolute Gasteiger partial charge is 0.271 e. The molecule has 1 N–H and O–H groups in total. The second-order valence-corrected chi connectivity index (χ2v) is 8.53. The average Bonchev–Trinajstić information content (AvgIpc) is 3.14. The molecule has 2 heterocycles. The molecule has 0 spiro atoms. The molecule has 1 unspecified atom stereocenters. The van der Waals surface area contributed by atoms with Gasteiger partial charge in [0.25, 0.3) is 5.91 Å². The molecule has 2 aromatic heterocycles. The van der Waals surface area contributed by atoms with Crippen molar-refractivity contribution < 1.29 is 9.59 Å². The highest BCUT2D eigenvalue weighted by Crippen LogP contribution is 2.40. The SMILES string of the molecule is CC(=O)N(c1cnsc1)c1nc(C(=O)NC2CCC2(C)C)c(C)s1. The van der Waals surface area contributed by atoms with E-state index in [4.69, 9.17) is 0 Å². The maximum Gasteiger partial charge on any atom is 0.271 e. The lowest BCUT2D eigenvalue weighted by Gasteiger charge is -2.44. The van der Waals surface area contributed by atoms with Crippen molar-refractivity contribution in [2.24, 2.45) is 5.41 Å². The molecule has 24 heavy (non-hydrogen) atoms. The summed E-state index contributed by atoms with van der Waals surface area (Å²) < 4.78 is 4.03. The third-order valence-corrected chi connectivity index (χ3v) is 6.04. The number of carbonyl (C=O) groups is 2. The van der Waals surface area contributed by atoms with Crippen molar-refractivity contribution in [3.63, 3.8) is 0 Å². The zero-order chi connectivity index (χ0) is 17.5. The highest BCUT2D eigenvalue weighted by atomic mass is 32.1. The summed E-state index contributed by atoms with van der Waals surface area (Å²) in [5.41, 5.74) is 1.20. The van der Waals surface area contributed by atoms with Crippen molar-refractivity contribution in [2.75, 3.05) is 4.90 Å². The number of aromatic nitrogens is 2. The molecule has 0 aromatic carbocycles. The van der Waals surface area contributed by atoms with Crippen LogP contribution in [0.4, 0.5) is 10.8 Å². The quantitative estimate of drug-likeness (QED) is 0.901. The molecular weight excluding hydrogens is 344 g/mol. The molecule has 0 aliphatic heterocycles. The number of aryl methyl sites for hydroxylation is 1. The Morgan fingerprint density at radius 1 is 1.42 bits per heavy atom. The monoisotopic (exact) mass is 364 g/mol. The number of rotatable bonds is 4. The molecule has 1 aliphatic rings. The Labute approximate surface area is 149 Å². The van der Waals surface area contributed by atoms with E-state index in [-0.39, 0.29) is 23.3 Å². The van der Waals surface area contributed by atoms with Crippen LogP contribution in [0.25, 0.3) is 0 Å². The summed E-state index contributed by atoms with van der Waals surface area (Å²) in [4.78, 5) is 31.3. The number of thiazole rings is 1. The van der Waals surface area contributed by atoms with E-state index in [9.17, 15) is 9.59 Å². The van der Waals surface area contributed by atoms with Gasteiger partial charge < -0.3 is 5.32 Å². The summed E-state index contributed by atoms with van der Waals surface area (Å²) in [6.45, 7) is 7.64. The largest absolute Gasteiger partial charge is 0.347 e. The van der Waals surface area contributed by atoms with Crippen LogP contribution in [0.5, 0.6) is 0 Å². The molecule has 6 nitrogen and oxygen atoms in total. The fourth-order valence-corrected chi connectivity index (χ4v) is 4.26. The van der Waals surface area contributed by atoms with Crippen molar-refractivity contribution >= 4 is 45.5 Å². The van der Waals surface area contributed by atoms with E-state index in [2.05, 4.69) is 28.5 Å². The van der Waals surface area contributed by atoms with Crippen molar-refractivity contribution in [3.05, 3.63) is 22.1 Å². The first-order valence-electron chi connectivity index (χ1n) is 7.78. The van der Waals surface area contributed by atoms with Crippen LogP contribution in [0.1, 0.15) is 49.0 Å². The number of nitrogens with zero attached hydrogens (tertiary/aromatic N) is 3. The van der Waals surface area contributed by atoms with Crippen LogP contribution >= 0.6 is 22.9 Å². The van der Waals surface area contributed by atoms with E-state index >= 15 is 0 Å². The van der Waals surface area contributed by atoms with Crippen LogP contribution in [0.15, 0.2) is 11.6 Å². The minimum absolute atomic E-state index is 0.135. The van der Waals surface area contributed by atoms with Crippen molar-refractivity contribution in [1.82, 2.24) is 14.7 Å². The van der Waals surface area contributed by atoms with E-state index in [0.717, 1.165) is 17.7 Å². The fraction of sp³-hybridized carbons (Fsp3) is 0.500. The third kappa shape index (κ3) is 3.08. The number of amides is 2. The van der Waals surface area contributed by atoms with Crippen LogP contribution in [-0.4, -0.2) is 27.2 Å². The van der Waals surface area contributed by atoms with Gasteiger partial charge >= 0.3 is 0 Å². The van der Waals surface area contributed by atoms with Gasteiger partial charge in [-0.05, 0) is 36.7 Å². The predicted molar refractivity (Wildman–Crippen MR) is 96.1 cm³/mol. The second-order valence-electron chi connectivity index (χ2n) is 6.69. The van der Waals surface area contributed by atoms with E-state index < -0.39 is 0 Å². The molecule has 3 rings (SSSR count). The first kappa shape index (κ1) is 17.0. The lowest BCUT2D eigenvalue weighted by atomic mass is 9.67. The Balaban J connectivity index is 1.84. The number of hydrogen-bond acceptors (Lipinski definition) is 6. The van der Waals surface area contributed by atoms with E-state index in [0.29, 0.717) is 16.5 Å². The first-order chi connectivity index (χ1) is 11.3. The maximum atomic E-state index is 12.6. The predicted octanol–water partition coefficient (Wildman–Crippen LogP) is 3.51. The van der Waals surface area contributed by atoms with Gasteiger partial charge in [0.05, 0.1) is 11.9 Å². The Morgan fingerprint density at radius 2 is 2.17 bits per heavy atom. The number of carbonyl (C=O) groups excluding carboxylic acids is 2. The molecule has 2 amide bonds. The standard InChI is InChI=1S/C16H20N4O2S2/c1-9-13(14(22)18-12-5-6-16(12,3)4)19-15(24-9)20(10(2)21)11-7-17-23-8-11/h7-8,12H,5-6H2,1-4H3,(H,18,22). The first-order valence-corrected chi connectivity index (χ1v) is 9.43.